The first kappa shape index (κ1) is 14.9. The minimum Gasteiger partial charge on any atom is -0.480 e. The Balaban J connectivity index is 2.54. The summed E-state index contributed by atoms with van der Waals surface area (Å²) >= 11 is 0. The predicted molar refractivity (Wildman–Crippen MR) is 84.2 cm³/mol. The van der Waals surface area contributed by atoms with E-state index < -0.39 is 11.4 Å². The molecule has 0 aliphatic heterocycles. The Morgan fingerprint density at radius 1 is 1.10 bits per heavy atom. The zero-order valence-electron chi connectivity index (χ0n) is 12.5. The van der Waals surface area contributed by atoms with Crippen LogP contribution in [0.1, 0.15) is 29.2 Å². The number of carbonyl (C=O) groups is 1. The lowest BCUT2D eigenvalue weighted by Gasteiger charge is -2.21. The van der Waals surface area contributed by atoms with Crippen molar-refractivity contribution < 1.29 is 9.90 Å². The van der Waals surface area contributed by atoms with Crippen LogP contribution in [0.25, 0.3) is 0 Å². The van der Waals surface area contributed by atoms with Crippen molar-refractivity contribution in [3.63, 3.8) is 0 Å². The highest BCUT2D eigenvalue weighted by molar-refractivity contribution is 5.86. The van der Waals surface area contributed by atoms with Crippen LogP contribution in [-0.2, 0) is 10.2 Å². The van der Waals surface area contributed by atoms with Crippen molar-refractivity contribution in [1.29, 1.82) is 0 Å². The summed E-state index contributed by atoms with van der Waals surface area (Å²) in [5.41, 5.74) is 2.32. The van der Waals surface area contributed by atoms with Crippen LogP contribution >= 0.6 is 0 Å². The number of benzene rings is 2. The van der Waals surface area contributed by atoms with Gasteiger partial charge in [0.25, 0.3) is 0 Å². The van der Waals surface area contributed by atoms with Crippen molar-refractivity contribution in [2.75, 3.05) is 0 Å². The molecule has 0 aliphatic carbocycles. The molecule has 0 aliphatic rings. The molecule has 0 bridgehead atoms. The maximum atomic E-state index is 11.8. The highest BCUT2D eigenvalue weighted by atomic mass is 16.4. The third kappa shape index (κ3) is 3.14. The molecule has 0 amide bonds. The van der Waals surface area contributed by atoms with Crippen molar-refractivity contribution in [2.45, 2.75) is 26.2 Å². The molecular formula is C19H18O2. The Bertz CT molecular complexity index is 720. The van der Waals surface area contributed by atoms with Gasteiger partial charge >= 0.3 is 5.97 Å². The van der Waals surface area contributed by atoms with Crippen molar-refractivity contribution in [2.24, 2.45) is 0 Å². The largest absolute Gasteiger partial charge is 0.480 e. The Morgan fingerprint density at radius 2 is 1.76 bits per heavy atom. The van der Waals surface area contributed by atoms with Crippen LogP contribution in [0.2, 0.25) is 0 Å². The molecule has 0 saturated carbocycles. The fourth-order valence-corrected chi connectivity index (χ4v) is 2.23. The first-order valence-electron chi connectivity index (χ1n) is 6.83. The third-order valence-corrected chi connectivity index (χ3v) is 3.59. The van der Waals surface area contributed by atoms with Gasteiger partial charge in [0.15, 0.2) is 5.41 Å². The number of aryl methyl sites for hydroxylation is 2. The summed E-state index contributed by atoms with van der Waals surface area (Å²) in [5, 5.41) is 9.68. The number of aliphatic carboxylic acids is 1. The summed E-state index contributed by atoms with van der Waals surface area (Å²) in [6.45, 7) is 5.53. The molecule has 2 heteroatoms. The van der Waals surface area contributed by atoms with Crippen LogP contribution in [0, 0.1) is 25.7 Å². The fourth-order valence-electron chi connectivity index (χ4n) is 2.23. The van der Waals surface area contributed by atoms with E-state index in [1.165, 1.54) is 0 Å². The SMILES string of the molecule is Cc1ccc(C)c(C(C)(C#Cc2ccccc2)C(=O)O)c1. The molecule has 0 saturated heterocycles. The summed E-state index contributed by atoms with van der Waals surface area (Å²) < 4.78 is 0. The van der Waals surface area contributed by atoms with Gasteiger partial charge in [0.05, 0.1) is 0 Å². The van der Waals surface area contributed by atoms with Crippen molar-refractivity contribution >= 4 is 5.97 Å². The highest BCUT2D eigenvalue weighted by Gasteiger charge is 2.34. The normalized spacial score (nSPS) is 12.9. The van der Waals surface area contributed by atoms with E-state index in [0.717, 1.165) is 22.3 Å². The second-order valence-electron chi connectivity index (χ2n) is 5.36. The molecule has 21 heavy (non-hydrogen) atoms. The van der Waals surface area contributed by atoms with E-state index in [2.05, 4.69) is 11.8 Å². The summed E-state index contributed by atoms with van der Waals surface area (Å²) in [7, 11) is 0. The standard InChI is InChI=1S/C19H18O2/c1-14-9-10-15(2)17(13-14)19(3,18(20)21)12-11-16-7-5-4-6-8-16/h4-10,13H,1-3H3,(H,20,21). The van der Waals surface area contributed by atoms with Crippen molar-refractivity contribution in [3.8, 4) is 11.8 Å². The number of hydrogen-bond donors (Lipinski definition) is 1. The molecule has 2 rings (SSSR count). The van der Waals surface area contributed by atoms with Gasteiger partial charge in [-0.3, -0.25) is 4.79 Å². The summed E-state index contributed by atoms with van der Waals surface area (Å²) in [5.74, 6) is 5.00. The monoisotopic (exact) mass is 278 g/mol. The molecule has 0 fully saturated rings. The number of carboxylic acid groups (broad SMARTS) is 1. The van der Waals surface area contributed by atoms with Crippen LogP contribution < -0.4 is 0 Å². The fraction of sp³-hybridized carbons (Fsp3) is 0.211. The molecule has 0 spiro atoms. The zero-order valence-corrected chi connectivity index (χ0v) is 12.5. The summed E-state index contributed by atoms with van der Waals surface area (Å²) in [4.78, 5) is 11.8. The molecule has 1 atom stereocenters. The smallest absolute Gasteiger partial charge is 0.326 e. The molecule has 106 valence electrons. The number of rotatable bonds is 2. The van der Waals surface area contributed by atoms with Crippen LogP contribution in [-0.4, -0.2) is 11.1 Å². The minimum atomic E-state index is -1.22. The van der Waals surface area contributed by atoms with Gasteiger partial charge in [-0.1, -0.05) is 53.8 Å². The van der Waals surface area contributed by atoms with E-state index in [4.69, 9.17) is 0 Å². The average molecular weight is 278 g/mol. The second kappa shape index (κ2) is 5.85. The maximum Gasteiger partial charge on any atom is 0.326 e. The van der Waals surface area contributed by atoms with E-state index >= 15 is 0 Å². The zero-order chi connectivity index (χ0) is 15.5. The summed E-state index contributed by atoms with van der Waals surface area (Å²) in [6, 6.07) is 15.3. The predicted octanol–water partition coefficient (Wildman–Crippen LogP) is 3.70. The van der Waals surface area contributed by atoms with Gasteiger partial charge in [0.1, 0.15) is 0 Å². The quantitative estimate of drug-likeness (QED) is 0.850. The van der Waals surface area contributed by atoms with Gasteiger partial charge in [-0.25, -0.2) is 0 Å². The van der Waals surface area contributed by atoms with Crippen LogP contribution in [0.3, 0.4) is 0 Å². The van der Waals surface area contributed by atoms with Crippen molar-refractivity contribution in [1.82, 2.24) is 0 Å². The second-order valence-corrected chi connectivity index (χ2v) is 5.36. The van der Waals surface area contributed by atoms with E-state index in [1.54, 1.807) is 6.92 Å². The lowest BCUT2D eigenvalue weighted by atomic mass is 9.80. The maximum absolute atomic E-state index is 11.8. The molecule has 0 heterocycles. The molecule has 1 N–H and O–H groups in total. The van der Waals surface area contributed by atoms with E-state index in [-0.39, 0.29) is 0 Å². The Kier molecular flexibility index (Phi) is 4.14. The van der Waals surface area contributed by atoms with Gasteiger partial charge in [-0.2, -0.15) is 0 Å². The molecule has 2 nitrogen and oxygen atoms in total. The average Bonchev–Trinajstić information content (AvgIpc) is 2.48. The highest BCUT2D eigenvalue weighted by Crippen LogP contribution is 2.27. The van der Waals surface area contributed by atoms with E-state index in [9.17, 15) is 9.90 Å². The van der Waals surface area contributed by atoms with Gasteiger partial charge in [-0.05, 0) is 44.0 Å². The first-order valence-corrected chi connectivity index (χ1v) is 6.83. The topological polar surface area (TPSA) is 37.3 Å². The molecule has 0 radical (unpaired) electrons. The minimum absolute atomic E-state index is 0.749. The van der Waals surface area contributed by atoms with Crippen LogP contribution in [0.5, 0.6) is 0 Å². The molecule has 2 aromatic carbocycles. The van der Waals surface area contributed by atoms with Gasteiger partial charge in [-0.15, -0.1) is 0 Å². The van der Waals surface area contributed by atoms with Crippen LogP contribution in [0.15, 0.2) is 48.5 Å². The first-order chi connectivity index (χ1) is 9.93. The molecular weight excluding hydrogens is 260 g/mol. The van der Waals surface area contributed by atoms with Gasteiger partial charge in [0.2, 0.25) is 0 Å². The molecule has 0 aromatic heterocycles. The van der Waals surface area contributed by atoms with E-state index in [0.29, 0.717) is 0 Å². The van der Waals surface area contributed by atoms with Crippen molar-refractivity contribution in [3.05, 3.63) is 70.8 Å². The van der Waals surface area contributed by atoms with E-state index in [1.807, 2.05) is 62.4 Å². The van der Waals surface area contributed by atoms with Crippen LogP contribution in [0.4, 0.5) is 0 Å². The lowest BCUT2D eigenvalue weighted by molar-refractivity contribution is -0.140. The third-order valence-electron chi connectivity index (χ3n) is 3.59. The lowest BCUT2D eigenvalue weighted by Crippen LogP contribution is -2.31. The van der Waals surface area contributed by atoms with Gasteiger partial charge < -0.3 is 5.11 Å². The Hall–Kier alpha value is -2.53. The molecule has 1 unspecified atom stereocenters. The Labute approximate surface area is 125 Å². The van der Waals surface area contributed by atoms with Gasteiger partial charge in [0, 0.05) is 5.56 Å². The molecule has 2 aromatic rings. The number of carboxylic acids is 1. The Morgan fingerprint density at radius 3 is 2.38 bits per heavy atom. The summed E-state index contributed by atoms with van der Waals surface area (Å²) in [6.07, 6.45) is 0. The number of hydrogen-bond acceptors (Lipinski definition) is 1.